The van der Waals surface area contributed by atoms with E-state index < -0.39 is 41.4 Å². The van der Waals surface area contributed by atoms with Gasteiger partial charge in [-0.2, -0.15) is 13.2 Å². The predicted octanol–water partition coefficient (Wildman–Crippen LogP) is 3.74. The highest BCUT2D eigenvalue weighted by molar-refractivity contribution is 5.97. The van der Waals surface area contributed by atoms with Crippen molar-refractivity contribution in [2.45, 2.75) is 24.6 Å². The number of nitrogens with zero attached hydrogens (tertiary/aromatic N) is 2. The minimum absolute atomic E-state index is 0.0141. The highest BCUT2D eigenvalue weighted by atomic mass is 19.4. The van der Waals surface area contributed by atoms with Crippen molar-refractivity contribution in [3.63, 3.8) is 0 Å². The van der Waals surface area contributed by atoms with E-state index in [2.05, 4.69) is 15.3 Å². The molecule has 3 heterocycles. The first-order valence-corrected chi connectivity index (χ1v) is 11.6. The van der Waals surface area contributed by atoms with Crippen LogP contribution < -0.4 is 15.7 Å². The number of carbonyl (C=O) groups excluding carboxylic acids is 1. The number of halogens is 4. The summed E-state index contributed by atoms with van der Waals surface area (Å²) in [5, 5.41) is 13.2. The molecule has 38 heavy (non-hydrogen) atoms. The number of imidazole rings is 1. The molecule has 1 aliphatic heterocycles. The highest BCUT2D eigenvalue weighted by Crippen LogP contribution is 2.45. The van der Waals surface area contributed by atoms with Gasteiger partial charge in [-0.25, -0.2) is 14.2 Å². The van der Waals surface area contributed by atoms with Crippen molar-refractivity contribution >= 4 is 16.9 Å². The van der Waals surface area contributed by atoms with Crippen molar-refractivity contribution in [2.75, 3.05) is 13.2 Å². The summed E-state index contributed by atoms with van der Waals surface area (Å²) in [6, 6.07) is 10.3. The number of ether oxygens (including phenoxy) is 1. The lowest BCUT2D eigenvalue weighted by Crippen LogP contribution is -2.51. The van der Waals surface area contributed by atoms with Gasteiger partial charge in [0.2, 0.25) is 5.60 Å². The maximum absolute atomic E-state index is 14.4. The molecule has 2 atom stereocenters. The molecule has 0 aliphatic carbocycles. The van der Waals surface area contributed by atoms with Gasteiger partial charge < -0.3 is 20.1 Å². The minimum atomic E-state index is -5.22. The number of hydrogen-bond donors (Lipinski definition) is 3. The van der Waals surface area contributed by atoms with Crippen LogP contribution in [0.5, 0.6) is 5.75 Å². The summed E-state index contributed by atoms with van der Waals surface area (Å²) in [7, 11) is 1.53. The lowest BCUT2D eigenvalue weighted by molar-refractivity contribution is -0.265. The molecule has 198 valence electrons. The van der Waals surface area contributed by atoms with E-state index in [0.29, 0.717) is 22.2 Å². The molecule has 0 radical (unpaired) electrons. The molecule has 0 saturated heterocycles. The van der Waals surface area contributed by atoms with Crippen LogP contribution in [0.4, 0.5) is 17.6 Å². The Hall–Kier alpha value is -4.19. The fourth-order valence-corrected chi connectivity index (χ4v) is 4.41. The van der Waals surface area contributed by atoms with Gasteiger partial charge in [-0.15, -0.1) is 0 Å². The second-order valence-electron chi connectivity index (χ2n) is 9.26. The zero-order valence-electron chi connectivity index (χ0n) is 20.2. The SMILES string of the molecule is C[C@@H]1COc2c1cc([C@@](O)(CNC(=O)c1ccc3c(c1)[nH]c(=O)n3C)C(F)(F)F)nc2-c1ccc(F)cc1. The molecule has 1 amide bonds. The zero-order valence-corrected chi connectivity index (χ0v) is 20.2. The number of aromatic amines is 1. The number of nitrogens with one attached hydrogen (secondary N) is 2. The van der Waals surface area contributed by atoms with Crippen LogP contribution in [0.2, 0.25) is 0 Å². The van der Waals surface area contributed by atoms with E-state index in [4.69, 9.17) is 4.74 Å². The van der Waals surface area contributed by atoms with Gasteiger partial charge in [0.25, 0.3) is 5.91 Å². The average Bonchev–Trinajstić information content (AvgIpc) is 3.39. The Bertz CT molecular complexity index is 1610. The van der Waals surface area contributed by atoms with E-state index >= 15 is 0 Å². The third kappa shape index (κ3) is 4.20. The number of hydrogen-bond acceptors (Lipinski definition) is 5. The number of aryl methyl sites for hydroxylation is 1. The molecule has 8 nitrogen and oxygen atoms in total. The number of pyridine rings is 1. The number of alkyl halides is 3. The molecule has 3 N–H and O–H groups in total. The standard InChI is InChI=1S/C26H22F4N4O4/c1-13-11-38-22-17(13)10-20(33-21(22)14-3-6-16(27)7-4-14)25(37,26(28,29)30)12-31-23(35)15-5-8-19-18(9-15)32-24(36)34(19)2/h3-10,13,37H,11-12H2,1-2H3,(H,31,35)(H,32,36)/t13-,25+/m1/s1. The largest absolute Gasteiger partial charge is 0.490 e. The van der Waals surface area contributed by atoms with E-state index in [-0.39, 0.29) is 29.5 Å². The summed E-state index contributed by atoms with van der Waals surface area (Å²) in [6.07, 6.45) is -5.22. The molecular weight excluding hydrogens is 508 g/mol. The monoisotopic (exact) mass is 530 g/mol. The van der Waals surface area contributed by atoms with E-state index in [9.17, 15) is 32.3 Å². The maximum Gasteiger partial charge on any atom is 0.424 e. The van der Waals surface area contributed by atoms with E-state index in [1.54, 1.807) is 6.92 Å². The van der Waals surface area contributed by atoms with E-state index in [1.165, 1.54) is 41.9 Å². The molecule has 1 aliphatic rings. The first-order valence-electron chi connectivity index (χ1n) is 11.6. The third-order valence-corrected chi connectivity index (χ3v) is 6.69. The summed E-state index contributed by atoms with van der Waals surface area (Å²) >= 11 is 0. The van der Waals surface area contributed by atoms with Gasteiger partial charge in [-0.05, 0) is 48.5 Å². The number of carbonyl (C=O) groups is 1. The van der Waals surface area contributed by atoms with Crippen molar-refractivity contribution in [1.29, 1.82) is 0 Å². The highest BCUT2D eigenvalue weighted by Gasteiger charge is 2.57. The van der Waals surface area contributed by atoms with Crippen molar-refractivity contribution in [2.24, 2.45) is 7.05 Å². The molecule has 0 bridgehead atoms. The Morgan fingerprint density at radius 1 is 1.21 bits per heavy atom. The minimum Gasteiger partial charge on any atom is -0.490 e. The molecule has 12 heteroatoms. The number of aromatic nitrogens is 3. The van der Waals surface area contributed by atoms with Crippen LogP contribution in [0.3, 0.4) is 0 Å². The van der Waals surface area contributed by atoms with Crippen molar-refractivity contribution < 1.29 is 32.2 Å². The number of amides is 1. The van der Waals surface area contributed by atoms with Gasteiger partial charge in [0.05, 0.1) is 29.9 Å². The Balaban J connectivity index is 1.52. The van der Waals surface area contributed by atoms with Gasteiger partial charge >= 0.3 is 11.9 Å². The lowest BCUT2D eigenvalue weighted by atomic mass is 9.92. The number of rotatable bonds is 5. The summed E-state index contributed by atoms with van der Waals surface area (Å²) in [5.74, 6) is -1.47. The fraction of sp³-hybridized carbons (Fsp3) is 0.269. The van der Waals surface area contributed by atoms with Crippen LogP contribution in [0.15, 0.2) is 53.3 Å². The molecule has 5 rings (SSSR count). The summed E-state index contributed by atoms with van der Waals surface area (Å²) in [5.41, 5.74) is -3.15. The van der Waals surface area contributed by atoms with Gasteiger partial charge in [0, 0.05) is 29.7 Å². The Labute approximate surface area is 212 Å². The second kappa shape index (κ2) is 8.98. The predicted molar refractivity (Wildman–Crippen MR) is 129 cm³/mol. The first kappa shape index (κ1) is 25.5. The molecule has 0 saturated carbocycles. The van der Waals surface area contributed by atoms with Crippen molar-refractivity contribution in [1.82, 2.24) is 19.9 Å². The Morgan fingerprint density at radius 2 is 1.92 bits per heavy atom. The topological polar surface area (TPSA) is 109 Å². The molecule has 0 fully saturated rings. The zero-order chi connectivity index (χ0) is 27.4. The maximum atomic E-state index is 14.4. The number of H-pyrrole nitrogens is 1. The smallest absolute Gasteiger partial charge is 0.424 e. The Morgan fingerprint density at radius 3 is 2.61 bits per heavy atom. The van der Waals surface area contributed by atoms with Gasteiger partial charge in [-0.1, -0.05) is 6.92 Å². The van der Waals surface area contributed by atoms with Gasteiger partial charge in [0.1, 0.15) is 17.3 Å². The third-order valence-electron chi connectivity index (χ3n) is 6.69. The van der Waals surface area contributed by atoms with Crippen molar-refractivity contribution in [3.05, 3.63) is 81.7 Å². The number of benzene rings is 2. The van der Waals surface area contributed by atoms with Crippen molar-refractivity contribution in [3.8, 4) is 17.0 Å². The summed E-state index contributed by atoms with van der Waals surface area (Å²) in [4.78, 5) is 31.2. The van der Waals surface area contributed by atoms with Crippen LogP contribution in [-0.4, -0.2) is 44.9 Å². The van der Waals surface area contributed by atoms with E-state index in [1.807, 2.05) is 0 Å². The average molecular weight is 530 g/mol. The summed E-state index contributed by atoms with van der Waals surface area (Å²) < 4.78 is 63.6. The molecule has 4 aromatic rings. The normalized spacial score (nSPS) is 16.7. The Kier molecular flexibility index (Phi) is 6.02. The van der Waals surface area contributed by atoms with Gasteiger partial charge in [0.15, 0.2) is 0 Å². The first-order chi connectivity index (χ1) is 17.9. The molecule has 2 aromatic heterocycles. The fourth-order valence-electron chi connectivity index (χ4n) is 4.41. The van der Waals surface area contributed by atoms with Crippen LogP contribution >= 0.6 is 0 Å². The molecule has 2 aromatic carbocycles. The molecular formula is C26H22F4N4O4. The van der Waals surface area contributed by atoms with Gasteiger partial charge in [-0.3, -0.25) is 9.36 Å². The lowest BCUT2D eigenvalue weighted by Gasteiger charge is -2.31. The molecule has 0 unspecified atom stereocenters. The summed E-state index contributed by atoms with van der Waals surface area (Å²) in [6.45, 7) is 0.713. The van der Waals surface area contributed by atoms with Crippen LogP contribution in [0, 0.1) is 5.82 Å². The van der Waals surface area contributed by atoms with E-state index in [0.717, 1.165) is 18.2 Å². The number of fused-ring (bicyclic) bond motifs is 2. The van der Waals surface area contributed by atoms with Crippen LogP contribution in [0.1, 0.15) is 34.5 Å². The quantitative estimate of drug-likeness (QED) is 0.341. The number of aliphatic hydroxyl groups is 1. The second-order valence-corrected chi connectivity index (χ2v) is 9.26. The molecule has 0 spiro atoms. The van der Waals surface area contributed by atoms with Crippen LogP contribution in [0.25, 0.3) is 22.3 Å². The van der Waals surface area contributed by atoms with Crippen LogP contribution in [-0.2, 0) is 12.6 Å².